The van der Waals surface area contributed by atoms with Crippen molar-refractivity contribution in [1.29, 1.82) is 0 Å². The van der Waals surface area contributed by atoms with Gasteiger partial charge in [0.25, 0.3) is 15.9 Å². The van der Waals surface area contributed by atoms with E-state index >= 15 is 0 Å². The summed E-state index contributed by atoms with van der Waals surface area (Å²) in [6, 6.07) is 10.8. The van der Waals surface area contributed by atoms with E-state index in [1.807, 2.05) is 13.8 Å². The summed E-state index contributed by atoms with van der Waals surface area (Å²) in [6.07, 6.45) is 0. The molecule has 0 aliphatic carbocycles. The lowest BCUT2D eigenvalue weighted by Gasteiger charge is -2.13. The van der Waals surface area contributed by atoms with Gasteiger partial charge in [-0.15, -0.1) is 0 Å². The third-order valence-corrected chi connectivity index (χ3v) is 4.91. The molecule has 0 saturated carbocycles. The SMILES string of the molecule is Cc1ccc(S(=O)(=O)Nc2ccc(Cl)cc2)cc1C(=O)NC(C)C. The van der Waals surface area contributed by atoms with Crippen LogP contribution in [0.5, 0.6) is 0 Å². The Bertz CT molecular complexity index is 847. The van der Waals surface area contributed by atoms with E-state index in [9.17, 15) is 13.2 Å². The smallest absolute Gasteiger partial charge is 0.261 e. The van der Waals surface area contributed by atoms with Gasteiger partial charge in [0, 0.05) is 22.3 Å². The maximum atomic E-state index is 12.5. The molecule has 0 fully saturated rings. The molecule has 2 rings (SSSR count). The zero-order valence-electron chi connectivity index (χ0n) is 13.6. The number of hydrogen-bond acceptors (Lipinski definition) is 3. The molecule has 1 amide bonds. The fourth-order valence-electron chi connectivity index (χ4n) is 2.08. The predicted octanol–water partition coefficient (Wildman–Crippen LogP) is 3.59. The highest BCUT2D eigenvalue weighted by molar-refractivity contribution is 7.92. The molecular weight excluding hydrogens is 348 g/mol. The number of aryl methyl sites for hydroxylation is 1. The Labute approximate surface area is 147 Å². The molecule has 7 heteroatoms. The number of carbonyl (C=O) groups excluding carboxylic acids is 1. The molecule has 0 bridgehead atoms. The Morgan fingerprint density at radius 1 is 1.08 bits per heavy atom. The molecule has 0 atom stereocenters. The van der Waals surface area contributed by atoms with Gasteiger partial charge >= 0.3 is 0 Å². The lowest BCUT2D eigenvalue weighted by molar-refractivity contribution is 0.0942. The van der Waals surface area contributed by atoms with Crippen LogP contribution in [-0.4, -0.2) is 20.4 Å². The number of hydrogen-bond donors (Lipinski definition) is 2. The van der Waals surface area contributed by atoms with Crippen molar-refractivity contribution in [2.45, 2.75) is 31.7 Å². The van der Waals surface area contributed by atoms with Crippen molar-refractivity contribution in [2.75, 3.05) is 4.72 Å². The van der Waals surface area contributed by atoms with E-state index in [1.54, 1.807) is 37.3 Å². The highest BCUT2D eigenvalue weighted by atomic mass is 35.5. The third-order valence-electron chi connectivity index (χ3n) is 3.28. The molecule has 128 valence electrons. The summed E-state index contributed by atoms with van der Waals surface area (Å²) in [5, 5.41) is 3.28. The average molecular weight is 367 g/mol. The minimum Gasteiger partial charge on any atom is -0.350 e. The van der Waals surface area contributed by atoms with Gasteiger partial charge in [-0.3, -0.25) is 9.52 Å². The largest absolute Gasteiger partial charge is 0.350 e. The van der Waals surface area contributed by atoms with E-state index in [4.69, 9.17) is 11.6 Å². The Hall–Kier alpha value is -2.05. The Morgan fingerprint density at radius 2 is 1.71 bits per heavy atom. The van der Waals surface area contributed by atoms with Crippen molar-refractivity contribution in [2.24, 2.45) is 0 Å². The summed E-state index contributed by atoms with van der Waals surface area (Å²) >= 11 is 5.79. The van der Waals surface area contributed by atoms with E-state index < -0.39 is 10.0 Å². The van der Waals surface area contributed by atoms with Crippen molar-refractivity contribution in [3.63, 3.8) is 0 Å². The van der Waals surface area contributed by atoms with E-state index in [0.717, 1.165) is 0 Å². The fraction of sp³-hybridized carbons (Fsp3) is 0.235. The molecule has 2 N–H and O–H groups in total. The number of anilines is 1. The second-order valence-corrected chi connectivity index (χ2v) is 7.84. The molecule has 24 heavy (non-hydrogen) atoms. The van der Waals surface area contributed by atoms with Crippen molar-refractivity contribution in [1.82, 2.24) is 5.32 Å². The van der Waals surface area contributed by atoms with Crippen molar-refractivity contribution < 1.29 is 13.2 Å². The number of carbonyl (C=O) groups is 1. The van der Waals surface area contributed by atoms with Gasteiger partial charge in [-0.2, -0.15) is 0 Å². The molecule has 0 aliphatic rings. The first-order valence-electron chi connectivity index (χ1n) is 7.39. The van der Waals surface area contributed by atoms with Gasteiger partial charge < -0.3 is 5.32 Å². The summed E-state index contributed by atoms with van der Waals surface area (Å²) in [5.41, 5.74) is 1.44. The van der Waals surface area contributed by atoms with Crippen molar-refractivity contribution in [3.05, 3.63) is 58.6 Å². The number of sulfonamides is 1. The van der Waals surface area contributed by atoms with Crippen LogP contribution in [0.15, 0.2) is 47.4 Å². The van der Waals surface area contributed by atoms with Crippen LogP contribution in [0.3, 0.4) is 0 Å². The number of amides is 1. The minimum absolute atomic E-state index is 0.0250. The molecule has 2 aromatic carbocycles. The van der Waals surface area contributed by atoms with Gasteiger partial charge in [0.2, 0.25) is 0 Å². The monoisotopic (exact) mass is 366 g/mol. The maximum absolute atomic E-state index is 12.5. The second-order valence-electron chi connectivity index (χ2n) is 5.72. The average Bonchev–Trinajstić information content (AvgIpc) is 2.49. The standard InChI is InChI=1S/C17H19ClN2O3S/c1-11(2)19-17(21)16-10-15(9-4-12(16)3)24(22,23)20-14-7-5-13(18)6-8-14/h4-11,20H,1-3H3,(H,19,21). The summed E-state index contributed by atoms with van der Waals surface area (Å²) in [7, 11) is -3.80. The molecular formula is C17H19ClN2O3S. The summed E-state index contributed by atoms with van der Waals surface area (Å²) in [6.45, 7) is 5.45. The maximum Gasteiger partial charge on any atom is 0.261 e. The number of rotatable bonds is 5. The summed E-state index contributed by atoms with van der Waals surface area (Å²) in [4.78, 5) is 12.2. The first-order valence-corrected chi connectivity index (χ1v) is 9.25. The van der Waals surface area contributed by atoms with Crippen LogP contribution in [-0.2, 0) is 10.0 Å². The lowest BCUT2D eigenvalue weighted by atomic mass is 10.1. The van der Waals surface area contributed by atoms with Crippen LogP contribution in [0.2, 0.25) is 5.02 Å². The van der Waals surface area contributed by atoms with Gasteiger partial charge in [0.1, 0.15) is 0 Å². The molecule has 0 aromatic heterocycles. The van der Waals surface area contributed by atoms with Crippen molar-refractivity contribution in [3.8, 4) is 0 Å². The van der Waals surface area contributed by atoms with Crippen molar-refractivity contribution >= 4 is 33.2 Å². The second kappa shape index (κ2) is 7.23. The Kier molecular flexibility index (Phi) is 5.51. The molecule has 0 unspecified atom stereocenters. The van der Waals surface area contributed by atoms with Gasteiger partial charge in [0.05, 0.1) is 4.90 Å². The van der Waals surface area contributed by atoms with E-state index in [2.05, 4.69) is 10.0 Å². The first kappa shape index (κ1) is 18.3. The minimum atomic E-state index is -3.80. The lowest BCUT2D eigenvalue weighted by Crippen LogP contribution is -2.30. The van der Waals surface area contributed by atoms with Gasteiger partial charge in [-0.05, 0) is 62.7 Å². The summed E-state index contributed by atoms with van der Waals surface area (Å²) in [5.74, 6) is -0.300. The molecule has 5 nitrogen and oxygen atoms in total. The van der Waals surface area contributed by atoms with Gasteiger partial charge in [-0.1, -0.05) is 17.7 Å². The Morgan fingerprint density at radius 3 is 2.29 bits per heavy atom. The zero-order valence-corrected chi connectivity index (χ0v) is 15.2. The van der Waals surface area contributed by atoms with Crippen LogP contribution in [0, 0.1) is 6.92 Å². The highest BCUT2D eigenvalue weighted by Gasteiger charge is 2.18. The third kappa shape index (κ3) is 4.49. The van der Waals surface area contributed by atoms with E-state index in [0.29, 0.717) is 21.8 Å². The first-order chi connectivity index (χ1) is 11.2. The molecule has 0 saturated heterocycles. The number of nitrogens with one attached hydrogen (secondary N) is 2. The predicted molar refractivity (Wildman–Crippen MR) is 96.0 cm³/mol. The normalized spacial score (nSPS) is 11.4. The quantitative estimate of drug-likeness (QED) is 0.849. The molecule has 0 radical (unpaired) electrons. The number of benzene rings is 2. The molecule has 0 aliphatic heterocycles. The van der Waals surface area contributed by atoms with Crippen LogP contribution < -0.4 is 10.0 Å². The Balaban J connectivity index is 2.33. The molecule has 2 aromatic rings. The zero-order chi connectivity index (χ0) is 17.9. The molecule has 0 heterocycles. The van der Waals surface area contributed by atoms with E-state index in [1.165, 1.54) is 12.1 Å². The highest BCUT2D eigenvalue weighted by Crippen LogP contribution is 2.20. The number of halogens is 1. The fourth-order valence-corrected chi connectivity index (χ4v) is 3.30. The van der Waals surface area contributed by atoms with Crippen LogP contribution in [0.4, 0.5) is 5.69 Å². The van der Waals surface area contributed by atoms with Gasteiger partial charge in [0.15, 0.2) is 0 Å². The van der Waals surface area contributed by atoms with Crippen LogP contribution >= 0.6 is 11.6 Å². The topological polar surface area (TPSA) is 75.3 Å². The van der Waals surface area contributed by atoms with E-state index in [-0.39, 0.29) is 16.8 Å². The van der Waals surface area contributed by atoms with Crippen LogP contribution in [0.25, 0.3) is 0 Å². The van der Waals surface area contributed by atoms with Gasteiger partial charge in [-0.25, -0.2) is 8.42 Å². The summed E-state index contributed by atoms with van der Waals surface area (Å²) < 4.78 is 27.5. The van der Waals surface area contributed by atoms with Crippen LogP contribution in [0.1, 0.15) is 29.8 Å². The molecule has 0 spiro atoms.